The molecule has 1 aliphatic rings. The minimum atomic E-state index is 0.319. The SMILES string of the molecule is CCNc1cc(NCC2CCCCC2)nc(N)n1. The number of nitrogens with one attached hydrogen (secondary N) is 2. The van der Waals surface area contributed by atoms with E-state index in [9.17, 15) is 0 Å². The van der Waals surface area contributed by atoms with Crippen LogP contribution in [0.25, 0.3) is 0 Å². The first-order valence-electron chi connectivity index (χ1n) is 6.90. The van der Waals surface area contributed by atoms with Crippen molar-refractivity contribution in [2.24, 2.45) is 5.92 Å². The second kappa shape index (κ2) is 6.42. The van der Waals surface area contributed by atoms with Crippen molar-refractivity contribution in [3.8, 4) is 0 Å². The molecule has 1 aromatic heterocycles. The number of nitrogens with two attached hydrogens (primary N) is 1. The summed E-state index contributed by atoms with van der Waals surface area (Å²) in [5, 5.41) is 6.54. The quantitative estimate of drug-likeness (QED) is 0.747. The van der Waals surface area contributed by atoms with Crippen molar-refractivity contribution in [2.45, 2.75) is 39.0 Å². The smallest absolute Gasteiger partial charge is 0.223 e. The molecule has 5 nitrogen and oxygen atoms in total. The average molecular weight is 249 g/mol. The maximum Gasteiger partial charge on any atom is 0.223 e. The van der Waals surface area contributed by atoms with Crippen molar-refractivity contribution in [3.05, 3.63) is 6.07 Å². The van der Waals surface area contributed by atoms with Crippen LogP contribution in [0.4, 0.5) is 17.6 Å². The van der Waals surface area contributed by atoms with E-state index in [1.165, 1.54) is 32.1 Å². The third kappa shape index (κ3) is 3.75. The van der Waals surface area contributed by atoms with Gasteiger partial charge in [0.15, 0.2) is 0 Å². The third-order valence-corrected chi connectivity index (χ3v) is 3.40. The molecular weight excluding hydrogens is 226 g/mol. The molecule has 0 radical (unpaired) electrons. The molecule has 1 heterocycles. The van der Waals surface area contributed by atoms with Crippen LogP contribution in [0.5, 0.6) is 0 Å². The van der Waals surface area contributed by atoms with Gasteiger partial charge in [-0.15, -0.1) is 0 Å². The monoisotopic (exact) mass is 249 g/mol. The molecule has 1 aromatic rings. The molecule has 0 atom stereocenters. The molecule has 0 aliphatic heterocycles. The predicted octanol–water partition coefficient (Wildman–Crippen LogP) is 2.48. The maximum absolute atomic E-state index is 5.70. The first-order valence-corrected chi connectivity index (χ1v) is 6.90. The highest BCUT2D eigenvalue weighted by Crippen LogP contribution is 2.24. The normalized spacial score (nSPS) is 16.5. The van der Waals surface area contributed by atoms with E-state index >= 15 is 0 Å². The molecule has 0 unspecified atom stereocenters. The number of nitrogen functional groups attached to an aromatic ring is 1. The second-order valence-electron chi connectivity index (χ2n) is 4.91. The minimum absolute atomic E-state index is 0.319. The largest absolute Gasteiger partial charge is 0.370 e. The van der Waals surface area contributed by atoms with Gasteiger partial charge < -0.3 is 16.4 Å². The van der Waals surface area contributed by atoms with Crippen molar-refractivity contribution < 1.29 is 0 Å². The van der Waals surface area contributed by atoms with Crippen LogP contribution in [0.1, 0.15) is 39.0 Å². The molecule has 4 N–H and O–H groups in total. The van der Waals surface area contributed by atoms with Gasteiger partial charge in [0.25, 0.3) is 0 Å². The molecule has 0 bridgehead atoms. The standard InChI is InChI=1S/C13H23N5/c1-2-15-11-8-12(18-13(14)17-11)16-9-10-6-4-3-5-7-10/h8,10H,2-7,9H2,1H3,(H4,14,15,16,17,18). The molecule has 18 heavy (non-hydrogen) atoms. The molecule has 100 valence electrons. The van der Waals surface area contributed by atoms with Crippen LogP contribution < -0.4 is 16.4 Å². The summed E-state index contributed by atoms with van der Waals surface area (Å²) >= 11 is 0. The van der Waals surface area contributed by atoms with Crippen LogP contribution in [0, 0.1) is 5.92 Å². The highest BCUT2D eigenvalue weighted by atomic mass is 15.1. The van der Waals surface area contributed by atoms with Gasteiger partial charge in [-0.2, -0.15) is 9.97 Å². The lowest BCUT2D eigenvalue weighted by molar-refractivity contribution is 0.373. The molecular formula is C13H23N5. The van der Waals surface area contributed by atoms with Gasteiger partial charge >= 0.3 is 0 Å². The Bertz CT molecular complexity index is 374. The topological polar surface area (TPSA) is 75.9 Å². The van der Waals surface area contributed by atoms with E-state index in [-0.39, 0.29) is 0 Å². The van der Waals surface area contributed by atoms with E-state index in [2.05, 4.69) is 20.6 Å². The highest BCUT2D eigenvalue weighted by Gasteiger charge is 2.13. The van der Waals surface area contributed by atoms with Crippen molar-refractivity contribution >= 4 is 17.6 Å². The summed E-state index contributed by atoms with van der Waals surface area (Å²) in [6.07, 6.45) is 6.77. The Morgan fingerprint density at radius 2 is 1.83 bits per heavy atom. The Morgan fingerprint density at radius 3 is 2.50 bits per heavy atom. The molecule has 2 rings (SSSR count). The van der Waals surface area contributed by atoms with E-state index in [1.54, 1.807) is 0 Å². The lowest BCUT2D eigenvalue weighted by atomic mass is 9.89. The summed E-state index contributed by atoms with van der Waals surface area (Å²) in [6, 6.07) is 1.92. The molecule has 1 fully saturated rings. The third-order valence-electron chi connectivity index (χ3n) is 3.40. The zero-order chi connectivity index (χ0) is 12.8. The number of anilines is 3. The van der Waals surface area contributed by atoms with Crippen molar-refractivity contribution in [1.29, 1.82) is 0 Å². The fraction of sp³-hybridized carbons (Fsp3) is 0.692. The van der Waals surface area contributed by atoms with Gasteiger partial charge in [0, 0.05) is 19.2 Å². The second-order valence-corrected chi connectivity index (χ2v) is 4.91. The summed E-state index contributed by atoms with van der Waals surface area (Å²) in [5.74, 6) is 2.71. The van der Waals surface area contributed by atoms with Crippen LogP contribution >= 0.6 is 0 Å². The molecule has 5 heteroatoms. The average Bonchev–Trinajstić information content (AvgIpc) is 2.37. The predicted molar refractivity (Wildman–Crippen MR) is 75.7 cm³/mol. The van der Waals surface area contributed by atoms with E-state index in [1.807, 2.05) is 13.0 Å². The van der Waals surface area contributed by atoms with Gasteiger partial charge in [0.2, 0.25) is 5.95 Å². The highest BCUT2D eigenvalue weighted by molar-refractivity contribution is 5.50. The molecule has 0 spiro atoms. The minimum Gasteiger partial charge on any atom is -0.370 e. The number of aromatic nitrogens is 2. The Labute approximate surface area is 109 Å². The molecule has 0 aromatic carbocycles. The van der Waals surface area contributed by atoms with Crippen LogP contribution in [0.2, 0.25) is 0 Å². The van der Waals surface area contributed by atoms with Gasteiger partial charge in [-0.3, -0.25) is 0 Å². The van der Waals surface area contributed by atoms with Crippen LogP contribution in [0.15, 0.2) is 6.07 Å². The van der Waals surface area contributed by atoms with Gasteiger partial charge in [-0.1, -0.05) is 19.3 Å². The first-order chi connectivity index (χ1) is 8.78. The van der Waals surface area contributed by atoms with Crippen LogP contribution in [0.3, 0.4) is 0 Å². The number of nitrogens with zero attached hydrogens (tertiary/aromatic N) is 2. The molecule has 0 saturated heterocycles. The lowest BCUT2D eigenvalue weighted by Gasteiger charge is -2.22. The van der Waals surface area contributed by atoms with Gasteiger partial charge in [0.05, 0.1) is 0 Å². The fourth-order valence-electron chi connectivity index (χ4n) is 2.47. The van der Waals surface area contributed by atoms with E-state index in [0.717, 1.165) is 30.6 Å². The van der Waals surface area contributed by atoms with Crippen LogP contribution in [-0.4, -0.2) is 23.1 Å². The van der Waals surface area contributed by atoms with Gasteiger partial charge in [-0.05, 0) is 25.7 Å². The van der Waals surface area contributed by atoms with E-state index < -0.39 is 0 Å². The summed E-state index contributed by atoms with van der Waals surface area (Å²) < 4.78 is 0. The zero-order valence-corrected chi connectivity index (χ0v) is 11.1. The van der Waals surface area contributed by atoms with E-state index in [4.69, 9.17) is 5.73 Å². The first kappa shape index (κ1) is 12.9. The number of hydrogen-bond acceptors (Lipinski definition) is 5. The van der Waals surface area contributed by atoms with E-state index in [0.29, 0.717) is 5.95 Å². The van der Waals surface area contributed by atoms with Gasteiger partial charge in [0.1, 0.15) is 11.6 Å². The Hall–Kier alpha value is -1.52. The lowest BCUT2D eigenvalue weighted by Crippen LogP contribution is -2.18. The summed E-state index contributed by atoms with van der Waals surface area (Å²) in [5.41, 5.74) is 5.70. The Kier molecular flexibility index (Phi) is 4.61. The Morgan fingerprint density at radius 1 is 1.17 bits per heavy atom. The zero-order valence-electron chi connectivity index (χ0n) is 11.1. The molecule has 0 amide bonds. The number of rotatable bonds is 5. The fourth-order valence-corrected chi connectivity index (χ4v) is 2.47. The number of hydrogen-bond donors (Lipinski definition) is 3. The van der Waals surface area contributed by atoms with Gasteiger partial charge in [-0.25, -0.2) is 0 Å². The van der Waals surface area contributed by atoms with Crippen molar-refractivity contribution in [3.63, 3.8) is 0 Å². The van der Waals surface area contributed by atoms with Crippen molar-refractivity contribution in [1.82, 2.24) is 9.97 Å². The molecule has 1 saturated carbocycles. The summed E-state index contributed by atoms with van der Waals surface area (Å²) in [7, 11) is 0. The van der Waals surface area contributed by atoms with Crippen molar-refractivity contribution in [2.75, 3.05) is 29.5 Å². The van der Waals surface area contributed by atoms with Crippen LogP contribution in [-0.2, 0) is 0 Å². The summed E-state index contributed by atoms with van der Waals surface area (Å²) in [4.78, 5) is 8.35. The molecule has 1 aliphatic carbocycles. The maximum atomic E-state index is 5.70. The Balaban J connectivity index is 1.91. The summed E-state index contributed by atoms with van der Waals surface area (Å²) in [6.45, 7) is 3.86.